The van der Waals surface area contributed by atoms with Crippen molar-refractivity contribution in [2.45, 2.75) is 65.7 Å². The Balaban J connectivity index is 2.00. The highest BCUT2D eigenvalue weighted by atomic mass is 14.8. The van der Waals surface area contributed by atoms with Gasteiger partial charge in [-0.15, -0.1) is 0 Å². The number of hydrogen-bond donors (Lipinski definition) is 1. The third kappa shape index (κ3) is 3.74. The van der Waals surface area contributed by atoms with E-state index in [-0.39, 0.29) is 0 Å². The third-order valence-electron chi connectivity index (χ3n) is 6.44. The highest BCUT2D eigenvalue weighted by Gasteiger charge is 2.37. The quantitative estimate of drug-likeness (QED) is 0.775. The highest BCUT2D eigenvalue weighted by Crippen LogP contribution is 2.46. The Morgan fingerprint density at radius 1 is 0.947 bits per heavy atom. The fourth-order valence-electron chi connectivity index (χ4n) is 4.80. The molecule has 0 spiro atoms. The van der Waals surface area contributed by atoms with Crippen LogP contribution in [-0.4, -0.2) is 13.6 Å². The number of hydrogen-bond acceptors (Lipinski definition) is 1. The zero-order valence-electron chi connectivity index (χ0n) is 13.6. The highest BCUT2D eigenvalue weighted by molar-refractivity contribution is 4.88. The van der Waals surface area contributed by atoms with E-state index in [2.05, 4.69) is 33.1 Å². The first-order chi connectivity index (χ1) is 9.15. The average molecular weight is 265 g/mol. The van der Waals surface area contributed by atoms with Crippen LogP contribution in [0.2, 0.25) is 0 Å². The third-order valence-corrected chi connectivity index (χ3v) is 6.44. The van der Waals surface area contributed by atoms with Crippen LogP contribution >= 0.6 is 0 Å². The SMILES string of the molecule is CCC1CCC(CNC)C(C2CCC(C)C(C)C2)C1. The van der Waals surface area contributed by atoms with Crippen molar-refractivity contribution >= 4 is 0 Å². The molecule has 2 fully saturated rings. The van der Waals surface area contributed by atoms with Gasteiger partial charge >= 0.3 is 0 Å². The molecule has 0 bridgehead atoms. The molecule has 1 heteroatoms. The van der Waals surface area contributed by atoms with E-state index < -0.39 is 0 Å². The monoisotopic (exact) mass is 265 g/mol. The van der Waals surface area contributed by atoms with Gasteiger partial charge in [0, 0.05) is 0 Å². The number of nitrogens with one attached hydrogen (secondary N) is 1. The Morgan fingerprint density at radius 2 is 1.74 bits per heavy atom. The molecule has 0 aromatic rings. The summed E-state index contributed by atoms with van der Waals surface area (Å²) in [4.78, 5) is 0. The lowest BCUT2D eigenvalue weighted by molar-refractivity contribution is 0.0664. The maximum Gasteiger partial charge on any atom is -0.00208 e. The molecule has 2 rings (SSSR count). The van der Waals surface area contributed by atoms with E-state index in [4.69, 9.17) is 0 Å². The summed E-state index contributed by atoms with van der Waals surface area (Å²) in [7, 11) is 2.13. The Kier molecular flexibility index (Phi) is 5.74. The molecular formula is C18H35N. The lowest BCUT2D eigenvalue weighted by atomic mass is 9.62. The first-order valence-corrected chi connectivity index (χ1v) is 8.80. The Morgan fingerprint density at radius 3 is 2.37 bits per heavy atom. The molecule has 1 N–H and O–H groups in total. The van der Waals surface area contributed by atoms with Gasteiger partial charge in [-0.1, -0.05) is 40.0 Å². The maximum absolute atomic E-state index is 3.46. The van der Waals surface area contributed by atoms with Crippen LogP contribution in [-0.2, 0) is 0 Å². The summed E-state index contributed by atoms with van der Waals surface area (Å²) in [6, 6.07) is 0. The minimum atomic E-state index is 0.955. The van der Waals surface area contributed by atoms with Gasteiger partial charge in [-0.05, 0) is 74.8 Å². The molecule has 2 aliphatic carbocycles. The van der Waals surface area contributed by atoms with Gasteiger partial charge in [0.15, 0.2) is 0 Å². The van der Waals surface area contributed by atoms with Gasteiger partial charge in [-0.2, -0.15) is 0 Å². The second-order valence-corrected chi connectivity index (χ2v) is 7.60. The lowest BCUT2D eigenvalue weighted by Gasteiger charge is -2.44. The van der Waals surface area contributed by atoms with Crippen molar-refractivity contribution in [2.24, 2.45) is 35.5 Å². The van der Waals surface area contributed by atoms with Crippen molar-refractivity contribution < 1.29 is 0 Å². The molecule has 0 aromatic heterocycles. The summed E-state index contributed by atoms with van der Waals surface area (Å²) in [5.74, 6) is 5.94. The van der Waals surface area contributed by atoms with Crippen molar-refractivity contribution in [1.82, 2.24) is 5.32 Å². The van der Waals surface area contributed by atoms with E-state index in [0.717, 1.165) is 35.5 Å². The first kappa shape index (κ1) is 15.4. The minimum absolute atomic E-state index is 0.955. The normalized spacial score (nSPS) is 44.2. The van der Waals surface area contributed by atoms with E-state index >= 15 is 0 Å². The molecule has 2 aliphatic rings. The van der Waals surface area contributed by atoms with Crippen molar-refractivity contribution in [3.8, 4) is 0 Å². The van der Waals surface area contributed by atoms with Crippen molar-refractivity contribution in [3.63, 3.8) is 0 Å². The maximum atomic E-state index is 3.46. The summed E-state index contributed by atoms with van der Waals surface area (Å²) in [6.45, 7) is 8.60. The van der Waals surface area contributed by atoms with E-state index in [0.29, 0.717) is 0 Å². The molecule has 0 saturated heterocycles. The smallest absolute Gasteiger partial charge is 0.00208 e. The van der Waals surface area contributed by atoms with Gasteiger partial charge in [0.2, 0.25) is 0 Å². The topological polar surface area (TPSA) is 12.0 Å². The van der Waals surface area contributed by atoms with E-state index in [9.17, 15) is 0 Å². The fourth-order valence-corrected chi connectivity index (χ4v) is 4.80. The Hall–Kier alpha value is -0.0400. The zero-order valence-corrected chi connectivity index (χ0v) is 13.6. The zero-order chi connectivity index (χ0) is 13.8. The predicted molar refractivity (Wildman–Crippen MR) is 84.2 cm³/mol. The standard InChI is InChI=1S/C18H35N/c1-5-15-7-9-17(12-19-4)18(11-15)16-8-6-13(2)14(3)10-16/h13-19H,5-12H2,1-4H3. The van der Waals surface area contributed by atoms with Gasteiger partial charge in [0.1, 0.15) is 0 Å². The van der Waals surface area contributed by atoms with Crippen LogP contribution < -0.4 is 5.32 Å². The van der Waals surface area contributed by atoms with Gasteiger partial charge in [-0.25, -0.2) is 0 Å². The molecule has 6 unspecified atom stereocenters. The molecule has 0 heterocycles. The van der Waals surface area contributed by atoms with Crippen molar-refractivity contribution in [1.29, 1.82) is 0 Å². The lowest BCUT2D eigenvalue weighted by Crippen LogP contribution is -2.38. The molecule has 1 nitrogen and oxygen atoms in total. The van der Waals surface area contributed by atoms with Gasteiger partial charge in [0.25, 0.3) is 0 Å². The molecule has 0 aromatic carbocycles. The van der Waals surface area contributed by atoms with Crippen LogP contribution in [0.15, 0.2) is 0 Å². The molecule has 0 radical (unpaired) electrons. The van der Waals surface area contributed by atoms with E-state index in [1.807, 2.05) is 0 Å². The van der Waals surface area contributed by atoms with Gasteiger partial charge < -0.3 is 5.32 Å². The largest absolute Gasteiger partial charge is 0.319 e. The minimum Gasteiger partial charge on any atom is -0.319 e. The second-order valence-electron chi connectivity index (χ2n) is 7.60. The fraction of sp³-hybridized carbons (Fsp3) is 1.00. The molecular weight excluding hydrogens is 230 g/mol. The summed E-state index contributed by atoms with van der Waals surface area (Å²) >= 11 is 0. The van der Waals surface area contributed by atoms with Crippen LogP contribution in [0.3, 0.4) is 0 Å². The van der Waals surface area contributed by atoms with E-state index in [1.54, 1.807) is 0 Å². The van der Waals surface area contributed by atoms with Crippen LogP contribution in [0.4, 0.5) is 0 Å². The second kappa shape index (κ2) is 7.11. The van der Waals surface area contributed by atoms with Crippen LogP contribution in [0.1, 0.15) is 65.7 Å². The average Bonchev–Trinajstić information content (AvgIpc) is 2.43. The van der Waals surface area contributed by atoms with Crippen LogP contribution in [0.25, 0.3) is 0 Å². The molecule has 112 valence electrons. The van der Waals surface area contributed by atoms with Gasteiger partial charge in [-0.3, -0.25) is 0 Å². The van der Waals surface area contributed by atoms with Gasteiger partial charge in [0.05, 0.1) is 0 Å². The van der Waals surface area contributed by atoms with Crippen molar-refractivity contribution in [3.05, 3.63) is 0 Å². The molecule has 2 saturated carbocycles. The summed E-state index contributed by atoms with van der Waals surface area (Å²) < 4.78 is 0. The van der Waals surface area contributed by atoms with Crippen molar-refractivity contribution in [2.75, 3.05) is 13.6 Å². The molecule has 0 amide bonds. The van der Waals surface area contributed by atoms with E-state index in [1.165, 1.54) is 51.5 Å². The van der Waals surface area contributed by atoms with Crippen LogP contribution in [0, 0.1) is 35.5 Å². The summed E-state index contributed by atoms with van der Waals surface area (Å²) in [5.41, 5.74) is 0. The number of rotatable bonds is 4. The molecule has 0 aliphatic heterocycles. The Labute approximate surface area is 120 Å². The molecule has 19 heavy (non-hydrogen) atoms. The summed E-state index contributed by atoms with van der Waals surface area (Å²) in [5, 5.41) is 3.46. The summed E-state index contributed by atoms with van der Waals surface area (Å²) in [6.07, 6.45) is 10.4. The first-order valence-electron chi connectivity index (χ1n) is 8.80. The predicted octanol–water partition coefficient (Wildman–Crippen LogP) is 4.72. The molecule has 6 atom stereocenters. The Bertz CT molecular complexity index is 262. The van der Waals surface area contributed by atoms with Crippen LogP contribution in [0.5, 0.6) is 0 Å².